The summed E-state index contributed by atoms with van der Waals surface area (Å²) in [5.41, 5.74) is 2.56. The first-order valence-corrected chi connectivity index (χ1v) is 9.55. The Bertz CT molecular complexity index is 955. The number of hydrogen-bond acceptors (Lipinski definition) is 6. The summed E-state index contributed by atoms with van der Waals surface area (Å²) in [4.78, 5) is 27.2. The number of pyridine rings is 1. The van der Waals surface area contributed by atoms with Crippen LogP contribution in [0.3, 0.4) is 0 Å². The van der Waals surface area contributed by atoms with E-state index in [1.54, 1.807) is 38.0 Å². The third-order valence-corrected chi connectivity index (χ3v) is 4.96. The van der Waals surface area contributed by atoms with E-state index in [4.69, 9.17) is 9.47 Å². The lowest BCUT2D eigenvalue weighted by Gasteiger charge is -2.31. The molecule has 1 saturated heterocycles. The number of nitrogens with zero attached hydrogens (tertiary/aromatic N) is 4. The van der Waals surface area contributed by atoms with Crippen molar-refractivity contribution in [3.05, 3.63) is 66.7 Å². The summed E-state index contributed by atoms with van der Waals surface area (Å²) < 4.78 is 11.1. The monoisotopic (exact) mass is 390 g/mol. The van der Waals surface area contributed by atoms with Crippen LogP contribution in [-0.4, -0.2) is 52.1 Å². The minimum absolute atomic E-state index is 0.00358. The highest BCUT2D eigenvalue weighted by Crippen LogP contribution is 2.21. The Morgan fingerprint density at radius 3 is 2.45 bits per heavy atom. The quantitative estimate of drug-likeness (QED) is 0.666. The summed E-state index contributed by atoms with van der Waals surface area (Å²) in [5.74, 6) is 0.696. The second-order valence-electron chi connectivity index (χ2n) is 6.83. The third-order valence-electron chi connectivity index (χ3n) is 4.96. The fraction of sp³-hybridized carbons (Fsp3) is 0.273. The number of likely N-dealkylation sites (tertiary alicyclic amines) is 1. The van der Waals surface area contributed by atoms with Crippen LogP contribution in [0.2, 0.25) is 0 Å². The van der Waals surface area contributed by atoms with Crippen LogP contribution >= 0.6 is 0 Å². The van der Waals surface area contributed by atoms with Gasteiger partial charge in [0, 0.05) is 61.8 Å². The molecule has 0 N–H and O–H groups in total. The molecule has 148 valence electrons. The van der Waals surface area contributed by atoms with Crippen LogP contribution in [0.1, 0.15) is 23.2 Å². The topological polar surface area (TPSA) is 77.4 Å². The van der Waals surface area contributed by atoms with E-state index < -0.39 is 0 Å². The minimum atomic E-state index is -0.00358. The standard InChI is InChI=1S/C22H22N4O3/c1-28-20-4-2-3-17(13-20)21(27)26-11-7-19(8-12-26)29-22-24-14-18(15-25-22)16-5-9-23-10-6-16/h2-6,9-10,13-15,19H,7-8,11-12H2,1H3. The van der Waals surface area contributed by atoms with Gasteiger partial charge in [-0.05, 0) is 35.9 Å². The van der Waals surface area contributed by atoms with Crippen LogP contribution in [0.15, 0.2) is 61.2 Å². The van der Waals surface area contributed by atoms with E-state index in [-0.39, 0.29) is 12.0 Å². The van der Waals surface area contributed by atoms with Crippen LogP contribution in [-0.2, 0) is 0 Å². The van der Waals surface area contributed by atoms with E-state index in [2.05, 4.69) is 15.0 Å². The molecule has 0 saturated carbocycles. The maximum Gasteiger partial charge on any atom is 0.316 e. The molecule has 0 atom stereocenters. The molecule has 29 heavy (non-hydrogen) atoms. The predicted molar refractivity (Wildman–Crippen MR) is 108 cm³/mol. The summed E-state index contributed by atoms with van der Waals surface area (Å²) >= 11 is 0. The largest absolute Gasteiger partial charge is 0.497 e. The van der Waals surface area contributed by atoms with Crippen molar-refractivity contribution in [3.8, 4) is 22.9 Å². The first kappa shape index (κ1) is 18.9. The number of amides is 1. The second-order valence-corrected chi connectivity index (χ2v) is 6.83. The van der Waals surface area contributed by atoms with Gasteiger partial charge in [0.15, 0.2) is 0 Å². The average Bonchev–Trinajstić information content (AvgIpc) is 2.80. The molecular formula is C22H22N4O3. The highest BCUT2D eigenvalue weighted by atomic mass is 16.5. The highest BCUT2D eigenvalue weighted by molar-refractivity contribution is 5.94. The van der Waals surface area contributed by atoms with Crippen molar-refractivity contribution < 1.29 is 14.3 Å². The number of carbonyl (C=O) groups excluding carboxylic acids is 1. The number of aromatic nitrogens is 3. The number of benzene rings is 1. The molecule has 0 bridgehead atoms. The summed E-state index contributed by atoms with van der Waals surface area (Å²) in [6.45, 7) is 1.27. The lowest BCUT2D eigenvalue weighted by atomic mass is 10.1. The van der Waals surface area contributed by atoms with Gasteiger partial charge >= 0.3 is 6.01 Å². The Labute approximate surface area is 169 Å². The van der Waals surface area contributed by atoms with Gasteiger partial charge < -0.3 is 14.4 Å². The Hall–Kier alpha value is -3.48. The molecule has 0 aliphatic carbocycles. The zero-order valence-corrected chi connectivity index (χ0v) is 16.2. The number of piperidine rings is 1. The van der Waals surface area contributed by atoms with E-state index >= 15 is 0 Å². The smallest absolute Gasteiger partial charge is 0.316 e. The van der Waals surface area contributed by atoms with Gasteiger partial charge in [0.25, 0.3) is 5.91 Å². The zero-order chi connectivity index (χ0) is 20.1. The fourth-order valence-electron chi connectivity index (χ4n) is 3.33. The van der Waals surface area contributed by atoms with Crippen LogP contribution in [0.25, 0.3) is 11.1 Å². The highest BCUT2D eigenvalue weighted by Gasteiger charge is 2.25. The fourth-order valence-corrected chi connectivity index (χ4v) is 3.33. The van der Waals surface area contributed by atoms with Crippen LogP contribution in [0.5, 0.6) is 11.8 Å². The number of hydrogen-bond donors (Lipinski definition) is 0. The van der Waals surface area contributed by atoms with Gasteiger partial charge in [0.05, 0.1) is 7.11 Å². The van der Waals surface area contributed by atoms with Crippen molar-refractivity contribution >= 4 is 5.91 Å². The van der Waals surface area contributed by atoms with E-state index in [1.165, 1.54) is 0 Å². The van der Waals surface area contributed by atoms with Crippen molar-refractivity contribution in [3.63, 3.8) is 0 Å². The van der Waals surface area contributed by atoms with Crippen LogP contribution in [0, 0.1) is 0 Å². The summed E-state index contributed by atoms with van der Waals surface area (Å²) in [6.07, 6.45) is 8.45. The van der Waals surface area contributed by atoms with Gasteiger partial charge in [-0.25, -0.2) is 9.97 Å². The molecule has 1 aliphatic rings. The zero-order valence-electron chi connectivity index (χ0n) is 16.2. The van der Waals surface area contributed by atoms with Crippen molar-refractivity contribution in [1.29, 1.82) is 0 Å². The first-order chi connectivity index (χ1) is 14.2. The van der Waals surface area contributed by atoms with Crippen molar-refractivity contribution in [2.24, 2.45) is 0 Å². The Balaban J connectivity index is 1.32. The molecule has 7 heteroatoms. The van der Waals surface area contributed by atoms with Crippen LogP contribution in [0.4, 0.5) is 0 Å². The summed E-state index contributed by atoms with van der Waals surface area (Å²) in [5, 5.41) is 0. The Kier molecular flexibility index (Phi) is 5.65. The maximum absolute atomic E-state index is 12.7. The normalized spacial score (nSPS) is 14.4. The number of rotatable bonds is 5. The minimum Gasteiger partial charge on any atom is -0.497 e. The molecule has 1 aromatic carbocycles. The van der Waals surface area contributed by atoms with Gasteiger partial charge in [-0.1, -0.05) is 6.07 Å². The van der Waals surface area contributed by atoms with E-state index in [0.29, 0.717) is 30.4 Å². The molecule has 0 radical (unpaired) electrons. The van der Waals surface area contributed by atoms with Gasteiger partial charge in [-0.3, -0.25) is 9.78 Å². The van der Waals surface area contributed by atoms with E-state index in [9.17, 15) is 4.79 Å². The van der Waals surface area contributed by atoms with Gasteiger partial charge in [-0.2, -0.15) is 0 Å². The lowest BCUT2D eigenvalue weighted by molar-refractivity contribution is 0.0578. The molecule has 0 unspecified atom stereocenters. The van der Waals surface area contributed by atoms with Gasteiger partial charge in [0.2, 0.25) is 0 Å². The molecular weight excluding hydrogens is 368 g/mol. The molecule has 1 aliphatic heterocycles. The molecule has 3 heterocycles. The van der Waals surface area contributed by atoms with Crippen molar-refractivity contribution in [1.82, 2.24) is 19.9 Å². The molecule has 7 nitrogen and oxygen atoms in total. The van der Waals surface area contributed by atoms with Gasteiger partial charge in [-0.15, -0.1) is 0 Å². The van der Waals surface area contributed by atoms with Gasteiger partial charge in [0.1, 0.15) is 11.9 Å². The SMILES string of the molecule is COc1cccc(C(=O)N2CCC(Oc3ncc(-c4ccncc4)cn3)CC2)c1. The third kappa shape index (κ3) is 4.51. The summed E-state index contributed by atoms with van der Waals surface area (Å²) in [7, 11) is 1.60. The first-order valence-electron chi connectivity index (χ1n) is 9.55. The maximum atomic E-state index is 12.7. The predicted octanol–water partition coefficient (Wildman–Crippen LogP) is 3.23. The second kappa shape index (κ2) is 8.68. The molecule has 3 aromatic rings. The number of ether oxygens (including phenoxy) is 2. The average molecular weight is 390 g/mol. The number of methoxy groups -OCH3 is 1. The molecule has 2 aromatic heterocycles. The van der Waals surface area contributed by atoms with Crippen LogP contribution < -0.4 is 9.47 Å². The molecule has 1 amide bonds. The lowest BCUT2D eigenvalue weighted by Crippen LogP contribution is -2.41. The Morgan fingerprint density at radius 2 is 1.76 bits per heavy atom. The molecule has 4 rings (SSSR count). The number of carbonyl (C=O) groups is 1. The van der Waals surface area contributed by atoms with E-state index in [1.807, 2.05) is 35.2 Å². The van der Waals surface area contributed by atoms with Crippen molar-refractivity contribution in [2.75, 3.05) is 20.2 Å². The Morgan fingerprint density at radius 1 is 1.03 bits per heavy atom. The molecule has 1 fully saturated rings. The molecule has 0 spiro atoms. The summed E-state index contributed by atoms with van der Waals surface area (Å²) in [6, 6.07) is 11.4. The van der Waals surface area contributed by atoms with Crippen molar-refractivity contribution in [2.45, 2.75) is 18.9 Å². The van der Waals surface area contributed by atoms with E-state index in [0.717, 1.165) is 24.0 Å².